The monoisotopic (exact) mass is 292 g/mol. The van der Waals surface area contributed by atoms with Crippen molar-refractivity contribution in [1.82, 2.24) is 0 Å². The molecule has 0 spiro atoms. The van der Waals surface area contributed by atoms with Crippen molar-refractivity contribution in [2.75, 3.05) is 7.11 Å². The van der Waals surface area contributed by atoms with Crippen LogP contribution in [0.4, 0.5) is 0 Å². The zero-order valence-electron chi connectivity index (χ0n) is 11.0. The van der Waals surface area contributed by atoms with Gasteiger partial charge in [0.2, 0.25) is 0 Å². The Labute approximate surface area is 121 Å². The number of aromatic carboxylic acids is 1. The maximum absolute atomic E-state index is 11.2. The van der Waals surface area contributed by atoms with Crippen molar-refractivity contribution in [3.8, 4) is 17.2 Å². The molecule has 1 N–H and O–H groups in total. The largest absolute Gasteiger partial charge is 0.497 e. The van der Waals surface area contributed by atoms with Crippen LogP contribution in [0.15, 0.2) is 36.4 Å². The normalized spacial score (nSPS) is 10.2. The van der Waals surface area contributed by atoms with Crippen molar-refractivity contribution in [1.29, 1.82) is 0 Å². The van der Waals surface area contributed by atoms with Gasteiger partial charge in [-0.05, 0) is 42.8 Å². The molecule has 0 amide bonds. The number of rotatable bonds is 4. The maximum atomic E-state index is 11.2. The van der Waals surface area contributed by atoms with E-state index >= 15 is 0 Å². The molecule has 2 rings (SSSR count). The molecule has 0 unspecified atom stereocenters. The lowest BCUT2D eigenvalue weighted by Gasteiger charge is -2.11. The molecule has 4 nitrogen and oxygen atoms in total. The number of carboxylic acid groups (broad SMARTS) is 1. The molecular formula is C15H13ClO4. The highest BCUT2D eigenvalue weighted by atomic mass is 35.5. The number of hydrogen-bond acceptors (Lipinski definition) is 3. The van der Waals surface area contributed by atoms with E-state index < -0.39 is 5.97 Å². The van der Waals surface area contributed by atoms with Gasteiger partial charge in [-0.25, -0.2) is 4.79 Å². The van der Waals surface area contributed by atoms with Crippen LogP contribution in [0.1, 0.15) is 15.9 Å². The molecule has 0 aliphatic heterocycles. The third-order valence-electron chi connectivity index (χ3n) is 2.78. The summed E-state index contributed by atoms with van der Waals surface area (Å²) in [5, 5.41) is 9.79. The van der Waals surface area contributed by atoms with Crippen LogP contribution in [0.25, 0.3) is 0 Å². The number of halogens is 1. The SMILES string of the molecule is COc1ccc(C(=O)O)c(Oc2ccc(Cl)c(C)c2)c1. The standard InChI is InChI=1S/C15H13ClO4/c1-9-7-11(4-6-13(9)16)20-14-8-10(19-2)3-5-12(14)15(17)18/h3-8H,1-2H3,(H,17,18). The zero-order chi connectivity index (χ0) is 14.7. The van der Waals surface area contributed by atoms with Crippen molar-refractivity contribution in [3.63, 3.8) is 0 Å². The predicted octanol–water partition coefficient (Wildman–Crippen LogP) is 4.15. The van der Waals surface area contributed by atoms with Crippen molar-refractivity contribution < 1.29 is 19.4 Å². The van der Waals surface area contributed by atoms with Gasteiger partial charge in [-0.15, -0.1) is 0 Å². The molecule has 0 saturated heterocycles. The smallest absolute Gasteiger partial charge is 0.339 e. The van der Waals surface area contributed by atoms with Crippen LogP contribution >= 0.6 is 11.6 Å². The number of methoxy groups -OCH3 is 1. The molecule has 0 fully saturated rings. The lowest BCUT2D eigenvalue weighted by atomic mass is 10.2. The van der Waals surface area contributed by atoms with Crippen LogP contribution in [0.2, 0.25) is 5.02 Å². The van der Waals surface area contributed by atoms with Crippen LogP contribution in [0.5, 0.6) is 17.2 Å². The summed E-state index contributed by atoms with van der Waals surface area (Å²) in [5.74, 6) is 0.199. The van der Waals surface area contributed by atoms with Gasteiger partial charge in [-0.2, -0.15) is 0 Å². The van der Waals surface area contributed by atoms with E-state index in [1.54, 1.807) is 24.3 Å². The molecular weight excluding hydrogens is 280 g/mol. The number of ether oxygens (including phenoxy) is 2. The highest BCUT2D eigenvalue weighted by Gasteiger charge is 2.13. The summed E-state index contributed by atoms with van der Waals surface area (Å²) < 4.78 is 10.7. The molecule has 0 heterocycles. The van der Waals surface area contributed by atoms with E-state index in [2.05, 4.69) is 0 Å². The lowest BCUT2D eigenvalue weighted by Crippen LogP contribution is -2.00. The number of carbonyl (C=O) groups is 1. The van der Waals surface area contributed by atoms with E-state index in [0.717, 1.165) is 5.56 Å². The molecule has 0 saturated carbocycles. The molecule has 2 aromatic carbocycles. The van der Waals surface area contributed by atoms with Gasteiger partial charge in [0.1, 0.15) is 22.8 Å². The van der Waals surface area contributed by atoms with E-state index in [0.29, 0.717) is 16.5 Å². The Morgan fingerprint density at radius 3 is 2.45 bits per heavy atom. The summed E-state index contributed by atoms with van der Waals surface area (Å²) in [4.78, 5) is 11.2. The van der Waals surface area contributed by atoms with Crippen molar-refractivity contribution >= 4 is 17.6 Å². The lowest BCUT2D eigenvalue weighted by molar-refractivity contribution is 0.0694. The van der Waals surface area contributed by atoms with Crippen molar-refractivity contribution in [2.24, 2.45) is 0 Å². The number of hydrogen-bond donors (Lipinski definition) is 1. The van der Waals surface area contributed by atoms with Gasteiger partial charge in [-0.3, -0.25) is 0 Å². The first-order chi connectivity index (χ1) is 9.51. The van der Waals surface area contributed by atoms with E-state index in [-0.39, 0.29) is 11.3 Å². The molecule has 0 bridgehead atoms. The fourth-order valence-corrected chi connectivity index (χ4v) is 1.82. The number of benzene rings is 2. The second kappa shape index (κ2) is 5.84. The Hall–Kier alpha value is -2.20. The van der Waals surface area contributed by atoms with E-state index in [4.69, 9.17) is 26.2 Å². The Bertz CT molecular complexity index is 652. The van der Waals surface area contributed by atoms with Crippen molar-refractivity contribution in [3.05, 3.63) is 52.5 Å². The van der Waals surface area contributed by atoms with Crippen LogP contribution in [-0.2, 0) is 0 Å². The third kappa shape index (κ3) is 3.03. The second-order valence-corrected chi connectivity index (χ2v) is 4.59. The Balaban J connectivity index is 2.40. The summed E-state index contributed by atoms with van der Waals surface area (Å²) in [6.45, 7) is 1.85. The van der Waals surface area contributed by atoms with Gasteiger partial charge in [0.15, 0.2) is 0 Å². The third-order valence-corrected chi connectivity index (χ3v) is 3.20. The molecule has 0 aromatic heterocycles. The summed E-state index contributed by atoms with van der Waals surface area (Å²) in [7, 11) is 1.51. The maximum Gasteiger partial charge on any atom is 0.339 e. The topological polar surface area (TPSA) is 55.8 Å². The van der Waals surface area contributed by atoms with Gasteiger partial charge in [0, 0.05) is 11.1 Å². The van der Waals surface area contributed by atoms with E-state index in [1.165, 1.54) is 19.2 Å². The van der Waals surface area contributed by atoms with E-state index in [1.807, 2.05) is 6.92 Å². The molecule has 0 aliphatic rings. The predicted molar refractivity (Wildman–Crippen MR) is 76.2 cm³/mol. The average molecular weight is 293 g/mol. The summed E-state index contributed by atoms with van der Waals surface area (Å²) in [6, 6.07) is 9.68. The highest BCUT2D eigenvalue weighted by molar-refractivity contribution is 6.31. The van der Waals surface area contributed by atoms with Crippen LogP contribution in [0, 0.1) is 6.92 Å². The van der Waals surface area contributed by atoms with Crippen LogP contribution in [0.3, 0.4) is 0 Å². The van der Waals surface area contributed by atoms with Gasteiger partial charge in [0.05, 0.1) is 7.11 Å². The molecule has 5 heteroatoms. The highest BCUT2D eigenvalue weighted by Crippen LogP contribution is 2.31. The van der Waals surface area contributed by atoms with Crippen LogP contribution < -0.4 is 9.47 Å². The Morgan fingerprint density at radius 1 is 1.15 bits per heavy atom. The van der Waals surface area contributed by atoms with Crippen molar-refractivity contribution in [2.45, 2.75) is 6.92 Å². The van der Waals surface area contributed by atoms with Gasteiger partial charge in [-0.1, -0.05) is 11.6 Å². The van der Waals surface area contributed by atoms with Crippen LogP contribution in [-0.4, -0.2) is 18.2 Å². The fraction of sp³-hybridized carbons (Fsp3) is 0.133. The quantitative estimate of drug-likeness (QED) is 0.920. The fourth-order valence-electron chi connectivity index (χ4n) is 1.70. The molecule has 104 valence electrons. The second-order valence-electron chi connectivity index (χ2n) is 4.18. The zero-order valence-corrected chi connectivity index (χ0v) is 11.8. The Morgan fingerprint density at radius 2 is 1.85 bits per heavy atom. The minimum absolute atomic E-state index is 0.0680. The molecule has 0 aliphatic carbocycles. The van der Waals surface area contributed by atoms with Gasteiger partial charge >= 0.3 is 5.97 Å². The van der Waals surface area contributed by atoms with Gasteiger partial charge in [0.25, 0.3) is 0 Å². The summed E-state index contributed by atoms with van der Waals surface area (Å²) in [6.07, 6.45) is 0. The molecule has 20 heavy (non-hydrogen) atoms. The van der Waals surface area contributed by atoms with E-state index in [9.17, 15) is 4.79 Å². The first kappa shape index (κ1) is 14.2. The number of aryl methyl sites for hydroxylation is 1. The Kier molecular flexibility index (Phi) is 4.15. The summed E-state index contributed by atoms with van der Waals surface area (Å²) >= 11 is 5.94. The molecule has 2 aromatic rings. The molecule has 0 atom stereocenters. The number of carboxylic acids is 1. The molecule has 0 radical (unpaired) electrons. The first-order valence-corrected chi connectivity index (χ1v) is 6.24. The average Bonchev–Trinajstić information content (AvgIpc) is 2.42. The minimum atomic E-state index is -1.06. The van der Waals surface area contributed by atoms with Gasteiger partial charge < -0.3 is 14.6 Å². The first-order valence-electron chi connectivity index (χ1n) is 5.86. The summed E-state index contributed by atoms with van der Waals surface area (Å²) in [5.41, 5.74) is 0.919. The minimum Gasteiger partial charge on any atom is -0.497 e.